The third-order valence-electron chi connectivity index (χ3n) is 2.78. The lowest BCUT2D eigenvalue weighted by Crippen LogP contribution is -2.11. The summed E-state index contributed by atoms with van der Waals surface area (Å²) in [6, 6.07) is 7.30. The normalized spacial score (nSPS) is 9.86. The lowest BCUT2D eigenvalue weighted by atomic mass is 10.1. The summed E-state index contributed by atoms with van der Waals surface area (Å²) in [7, 11) is 0. The van der Waals surface area contributed by atoms with Crippen LogP contribution in [0.3, 0.4) is 0 Å². The van der Waals surface area contributed by atoms with Crippen LogP contribution in [0.4, 0.5) is 5.69 Å². The minimum absolute atomic E-state index is 0.0410. The van der Waals surface area contributed by atoms with E-state index in [1.807, 2.05) is 25.1 Å². The number of aliphatic hydroxyl groups is 1. The van der Waals surface area contributed by atoms with Gasteiger partial charge in [-0.05, 0) is 36.1 Å². The first kappa shape index (κ1) is 15.6. The van der Waals surface area contributed by atoms with Crippen molar-refractivity contribution in [3.05, 3.63) is 50.7 Å². The summed E-state index contributed by atoms with van der Waals surface area (Å²) in [4.78, 5) is 12.7. The van der Waals surface area contributed by atoms with Crippen LogP contribution in [-0.2, 0) is 0 Å². The Bertz CT molecular complexity index is 713. The minimum atomic E-state index is -0.224. The Hall–Kier alpha value is -1.80. The fourth-order valence-electron chi connectivity index (χ4n) is 1.69. The number of aliphatic hydroxyl groups excluding tert-OH is 1. The first-order valence-corrected chi connectivity index (χ1v) is 7.62. The molecule has 3 nitrogen and oxygen atoms in total. The summed E-state index contributed by atoms with van der Waals surface area (Å²) >= 11 is 7.26. The maximum Gasteiger partial charge on any atom is 0.267 e. The monoisotopic (exact) mass is 319 g/mol. The number of hydrogen-bond acceptors (Lipinski definition) is 3. The molecule has 1 aromatic heterocycles. The van der Waals surface area contributed by atoms with E-state index in [2.05, 4.69) is 17.2 Å². The van der Waals surface area contributed by atoms with Gasteiger partial charge in [-0.25, -0.2) is 0 Å². The molecule has 2 rings (SSSR count). The number of benzene rings is 1. The molecule has 0 saturated heterocycles. The van der Waals surface area contributed by atoms with Crippen LogP contribution < -0.4 is 5.32 Å². The summed E-state index contributed by atoms with van der Waals surface area (Å²) in [6.07, 6.45) is 0.431. The number of nitrogens with one attached hydrogen (secondary N) is 1. The molecule has 0 unspecified atom stereocenters. The van der Waals surface area contributed by atoms with Crippen LogP contribution >= 0.6 is 22.9 Å². The Balaban J connectivity index is 2.20. The SMILES string of the molecule is Cc1ccc(C#CCCO)cc1NC(=O)c1sccc1Cl. The average Bonchev–Trinajstić information content (AvgIpc) is 2.89. The molecule has 0 spiro atoms. The van der Waals surface area contributed by atoms with Gasteiger partial charge in [0.2, 0.25) is 0 Å². The zero-order valence-corrected chi connectivity index (χ0v) is 13.0. The van der Waals surface area contributed by atoms with E-state index in [1.165, 1.54) is 11.3 Å². The molecule has 1 heterocycles. The van der Waals surface area contributed by atoms with E-state index in [1.54, 1.807) is 11.4 Å². The highest BCUT2D eigenvalue weighted by molar-refractivity contribution is 7.12. The second-order valence-electron chi connectivity index (χ2n) is 4.36. The lowest BCUT2D eigenvalue weighted by molar-refractivity contribution is 0.103. The van der Waals surface area contributed by atoms with E-state index in [0.29, 0.717) is 22.0 Å². The van der Waals surface area contributed by atoms with Crippen molar-refractivity contribution in [2.24, 2.45) is 0 Å². The van der Waals surface area contributed by atoms with E-state index in [9.17, 15) is 4.79 Å². The van der Waals surface area contributed by atoms with Gasteiger partial charge in [-0.3, -0.25) is 4.79 Å². The molecule has 0 aliphatic heterocycles. The van der Waals surface area contributed by atoms with Crippen LogP contribution in [0.15, 0.2) is 29.6 Å². The molecule has 1 aromatic carbocycles. The summed E-state index contributed by atoms with van der Waals surface area (Å²) in [5, 5.41) is 13.8. The predicted octanol–water partition coefficient (Wildman–Crippen LogP) is 3.70. The maximum atomic E-state index is 12.2. The molecule has 2 N–H and O–H groups in total. The highest BCUT2D eigenvalue weighted by Gasteiger charge is 2.13. The van der Waals surface area contributed by atoms with Crippen LogP contribution in [0.1, 0.15) is 27.2 Å². The van der Waals surface area contributed by atoms with Gasteiger partial charge < -0.3 is 10.4 Å². The average molecular weight is 320 g/mol. The van der Waals surface area contributed by atoms with Gasteiger partial charge in [0.25, 0.3) is 5.91 Å². The number of thiophene rings is 1. The number of carbonyl (C=O) groups excluding carboxylic acids is 1. The second-order valence-corrected chi connectivity index (χ2v) is 5.68. The summed E-state index contributed by atoms with van der Waals surface area (Å²) in [6.45, 7) is 1.95. The Morgan fingerprint density at radius 3 is 2.90 bits per heavy atom. The van der Waals surface area contributed by atoms with Crippen LogP contribution in [0.2, 0.25) is 5.02 Å². The summed E-state index contributed by atoms with van der Waals surface area (Å²) < 4.78 is 0. The van der Waals surface area contributed by atoms with E-state index >= 15 is 0 Å². The number of amides is 1. The van der Waals surface area contributed by atoms with E-state index in [4.69, 9.17) is 16.7 Å². The van der Waals surface area contributed by atoms with Crippen molar-refractivity contribution in [3.8, 4) is 11.8 Å². The van der Waals surface area contributed by atoms with Crippen LogP contribution in [-0.4, -0.2) is 17.6 Å². The molecule has 0 aliphatic rings. The van der Waals surface area contributed by atoms with Gasteiger partial charge in [-0.1, -0.05) is 29.5 Å². The molecule has 0 aliphatic carbocycles. The number of carbonyl (C=O) groups is 1. The third kappa shape index (κ3) is 4.08. The number of rotatable bonds is 3. The Labute approximate surface area is 132 Å². The van der Waals surface area contributed by atoms with Crippen LogP contribution in [0, 0.1) is 18.8 Å². The fraction of sp³-hybridized carbons (Fsp3) is 0.188. The van der Waals surface area contributed by atoms with Crippen molar-refractivity contribution in [1.82, 2.24) is 0 Å². The summed E-state index contributed by atoms with van der Waals surface area (Å²) in [5.74, 6) is 5.58. The smallest absolute Gasteiger partial charge is 0.267 e. The largest absolute Gasteiger partial charge is 0.395 e. The van der Waals surface area contributed by atoms with Crippen molar-refractivity contribution < 1.29 is 9.90 Å². The first-order valence-electron chi connectivity index (χ1n) is 6.36. The van der Waals surface area contributed by atoms with E-state index in [-0.39, 0.29) is 12.5 Å². The van der Waals surface area contributed by atoms with E-state index in [0.717, 1.165) is 11.1 Å². The number of halogens is 1. The molecule has 5 heteroatoms. The fourth-order valence-corrected chi connectivity index (χ4v) is 2.73. The highest BCUT2D eigenvalue weighted by Crippen LogP contribution is 2.24. The predicted molar refractivity (Wildman–Crippen MR) is 87.0 cm³/mol. The highest BCUT2D eigenvalue weighted by atomic mass is 35.5. The molecule has 0 radical (unpaired) electrons. The lowest BCUT2D eigenvalue weighted by Gasteiger charge is -2.08. The topological polar surface area (TPSA) is 49.3 Å². The molecular formula is C16H14ClNO2S. The van der Waals surface area contributed by atoms with Crippen molar-refractivity contribution in [1.29, 1.82) is 0 Å². The van der Waals surface area contributed by atoms with Crippen molar-refractivity contribution >= 4 is 34.5 Å². The zero-order chi connectivity index (χ0) is 15.2. The number of aryl methyl sites for hydroxylation is 1. The molecule has 0 saturated carbocycles. The molecule has 21 heavy (non-hydrogen) atoms. The first-order chi connectivity index (χ1) is 10.1. The Kier molecular flexibility index (Phi) is 5.40. The maximum absolute atomic E-state index is 12.2. The minimum Gasteiger partial charge on any atom is -0.395 e. The van der Waals surface area contributed by atoms with Gasteiger partial charge in [0, 0.05) is 17.7 Å². The van der Waals surface area contributed by atoms with Gasteiger partial charge >= 0.3 is 0 Å². The molecule has 2 aromatic rings. The van der Waals surface area contributed by atoms with Gasteiger partial charge in [-0.15, -0.1) is 11.3 Å². The van der Waals surface area contributed by atoms with Gasteiger partial charge in [-0.2, -0.15) is 0 Å². The molecular weight excluding hydrogens is 306 g/mol. The zero-order valence-electron chi connectivity index (χ0n) is 11.4. The van der Waals surface area contributed by atoms with Crippen LogP contribution in [0.25, 0.3) is 0 Å². The Morgan fingerprint density at radius 2 is 2.24 bits per heavy atom. The quantitative estimate of drug-likeness (QED) is 0.848. The van der Waals surface area contributed by atoms with Crippen molar-refractivity contribution in [3.63, 3.8) is 0 Å². The van der Waals surface area contributed by atoms with Gasteiger partial charge in [0.1, 0.15) is 4.88 Å². The third-order valence-corrected chi connectivity index (χ3v) is 4.12. The summed E-state index contributed by atoms with van der Waals surface area (Å²) in [5.41, 5.74) is 2.45. The van der Waals surface area contributed by atoms with Gasteiger partial charge in [0.05, 0.1) is 11.6 Å². The van der Waals surface area contributed by atoms with Crippen LogP contribution in [0.5, 0.6) is 0 Å². The number of anilines is 1. The molecule has 0 fully saturated rings. The van der Waals surface area contributed by atoms with Crippen molar-refractivity contribution in [2.45, 2.75) is 13.3 Å². The number of hydrogen-bond donors (Lipinski definition) is 2. The van der Waals surface area contributed by atoms with E-state index < -0.39 is 0 Å². The standard InChI is InChI=1S/C16H14ClNO2S/c1-11-5-6-12(4-2-3-8-19)10-14(11)18-16(20)15-13(17)7-9-21-15/h5-7,9-10,19H,3,8H2,1H3,(H,18,20). The molecule has 108 valence electrons. The second kappa shape index (κ2) is 7.28. The van der Waals surface area contributed by atoms with Crippen molar-refractivity contribution in [2.75, 3.05) is 11.9 Å². The van der Waals surface area contributed by atoms with Gasteiger partial charge in [0.15, 0.2) is 0 Å². The molecule has 1 amide bonds. The Morgan fingerprint density at radius 1 is 1.43 bits per heavy atom. The molecule has 0 atom stereocenters. The molecule has 0 bridgehead atoms.